The fourth-order valence-electron chi connectivity index (χ4n) is 2.54. The van der Waals surface area contributed by atoms with Gasteiger partial charge in [0.1, 0.15) is 6.54 Å². The molecule has 28 heavy (non-hydrogen) atoms. The van der Waals surface area contributed by atoms with E-state index in [2.05, 4.69) is 5.32 Å². The number of nitrogens with one attached hydrogen (secondary N) is 1. The van der Waals surface area contributed by atoms with Gasteiger partial charge in [0.05, 0.1) is 10.9 Å². The van der Waals surface area contributed by atoms with E-state index < -0.39 is 34.1 Å². The SMILES string of the molecule is CC(=O)[C@@H](Cc1ccccc1)NC(=O)Cn1cc(S(=O)(=O)N(C)C)ccc1=O. The fourth-order valence-corrected chi connectivity index (χ4v) is 3.46. The van der Waals surface area contributed by atoms with Gasteiger partial charge in [-0.15, -0.1) is 0 Å². The van der Waals surface area contributed by atoms with Crippen LogP contribution in [0.4, 0.5) is 0 Å². The number of benzene rings is 1. The Hall–Kier alpha value is -2.78. The molecule has 0 saturated carbocycles. The summed E-state index contributed by atoms with van der Waals surface area (Å²) in [5, 5.41) is 2.61. The second kappa shape index (κ2) is 8.94. The predicted octanol–water partition coefficient (Wildman–Crippen LogP) is 0.415. The van der Waals surface area contributed by atoms with E-state index in [0.717, 1.165) is 26.7 Å². The van der Waals surface area contributed by atoms with Crippen LogP contribution in [-0.2, 0) is 32.6 Å². The largest absolute Gasteiger partial charge is 0.344 e. The van der Waals surface area contributed by atoms with E-state index in [1.54, 1.807) is 0 Å². The number of hydrogen-bond donors (Lipinski definition) is 1. The van der Waals surface area contributed by atoms with E-state index >= 15 is 0 Å². The van der Waals surface area contributed by atoms with Gasteiger partial charge in [-0.05, 0) is 25.0 Å². The van der Waals surface area contributed by atoms with Crippen molar-refractivity contribution in [1.82, 2.24) is 14.2 Å². The zero-order valence-electron chi connectivity index (χ0n) is 16.0. The summed E-state index contributed by atoms with van der Waals surface area (Å²) in [5.41, 5.74) is 0.370. The Balaban J connectivity index is 2.17. The highest BCUT2D eigenvalue weighted by atomic mass is 32.2. The number of aromatic nitrogens is 1. The van der Waals surface area contributed by atoms with Crippen molar-refractivity contribution in [3.63, 3.8) is 0 Å². The van der Waals surface area contributed by atoms with Crippen molar-refractivity contribution < 1.29 is 18.0 Å². The van der Waals surface area contributed by atoms with Gasteiger partial charge in [0.25, 0.3) is 5.56 Å². The van der Waals surface area contributed by atoms with E-state index in [1.807, 2.05) is 30.3 Å². The molecule has 0 unspecified atom stereocenters. The summed E-state index contributed by atoms with van der Waals surface area (Å²) >= 11 is 0. The summed E-state index contributed by atoms with van der Waals surface area (Å²) in [6.45, 7) is 0.985. The number of Topliss-reactive ketones (excluding diaryl/α,β-unsaturated/α-hetero) is 1. The molecule has 8 nitrogen and oxygen atoms in total. The first-order valence-corrected chi connectivity index (χ1v) is 10.0. The first-order chi connectivity index (χ1) is 13.1. The van der Waals surface area contributed by atoms with E-state index in [9.17, 15) is 22.8 Å². The van der Waals surface area contributed by atoms with Crippen LogP contribution in [0.5, 0.6) is 0 Å². The Bertz CT molecular complexity index is 1010. The molecular formula is C19H23N3O5S. The van der Waals surface area contributed by atoms with Crippen LogP contribution in [0.2, 0.25) is 0 Å². The van der Waals surface area contributed by atoms with Crippen LogP contribution in [0.25, 0.3) is 0 Å². The van der Waals surface area contributed by atoms with Crippen molar-refractivity contribution in [2.24, 2.45) is 0 Å². The number of hydrogen-bond acceptors (Lipinski definition) is 5. The van der Waals surface area contributed by atoms with Crippen LogP contribution in [0.15, 0.2) is 58.4 Å². The Morgan fingerprint density at radius 3 is 2.32 bits per heavy atom. The highest BCUT2D eigenvalue weighted by Crippen LogP contribution is 2.10. The standard InChI is InChI=1S/C19H23N3O5S/c1-14(23)17(11-15-7-5-4-6-8-15)20-18(24)13-22-12-16(9-10-19(22)25)28(26,27)21(2)3/h4-10,12,17H,11,13H2,1-3H3,(H,20,24)/t17-/m1/s1. The van der Waals surface area contributed by atoms with Crippen molar-refractivity contribution in [2.75, 3.05) is 14.1 Å². The third-order valence-electron chi connectivity index (χ3n) is 4.16. The molecule has 2 rings (SSSR count). The van der Waals surface area contributed by atoms with Crippen molar-refractivity contribution >= 4 is 21.7 Å². The summed E-state index contributed by atoms with van der Waals surface area (Å²) in [7, 11) is -0.994. The number of carbonyl (C=O) groups is 2. The molecule has 2 aromatic rings. The summed E-state index contributed by atoms with van der Waals surface area (Å²) in [6.07, 6.45) is 1.45. The van der Waals surface area contributed by atoms with Gasteiger partial charge >= 0.3 is 0 Å². The number of sulfonamides is 1. The van der Waals surface area contributed by atoms with Crippen LogP contribution >= 0.6 is 0 Å². The Morgan fingerprint density at radius 2 is 1.75 bits per heavy atom. The summed E-state index contributed by atoms with van der Waals surface area (Å²) in [6, 6.07) is 10.8. The molecule has 0 aliphatic carbocycles. The molecule has 1 atom stereocenters. The van der Waals surface area contributed by atoms with Crippen molar-refractivity contribution in [2.45, 2.75) is 30.8 Å². The van der Waals surface area contributed by atoms with Gasteiger partial charge in [-0.25, -0.2) is 12.7 Å². The molecule has 1 aromatic carbocycles. The first-order valence-electron chi connectivity index (χ1n) is 8.58. The molecule has 1 N–H and O–H groups in total. The third kappa shape index (κ3) is 5.37. The lowest BCUT2D eigenvalue weighted by Gasteiger charge is -2.17. The second-order valence-corrected chi connectivity index (χ2v) is 8.69. The van der Waals surface area contributed by atoms with Gasteiger partial charge in [-0.2, -0.15) is 0 Å². The quantitative estimate of drug-likeness (QED) is 0.685. The minimum atomic E-state index is -3.74. The van der Waals surface area contributed by atoms with Crippen molar-refractivity contribution in [3.05, 3.63) is 64.6 Å². The Labute approximate surface area is 163 Å². The number of carbonyl (C=O) groups excluding carboxylic acids is 2. The molecule has 0 bridgehead atoms. The summed E-state index contributed by atoms with van der Waals surface area (Å²) in [4.78, 5) is 36.2. The molecule has 0 radical (unpaired) electrons. The average Bonchev–Trinajstić information content (AvgIpc) is 2.63. The highest BCUT2D eigenvalue weighted by molar-refractivity contribution is 7.89. The lowest BCUT2D eigenvalue weighted by Crippen LogP contribution is -2.43. The molecule has 0 fully saturated rings. The molecule has 0 aliphatic rings. The maximum Gasteiger partial charge on any atom is 0.251 e. The number of pyridine rings is 1. The Kier molecular flexibility index (Phi) is 6.87. The normalized spacial score (nSPS) is 12.6. The minimum absolute atomic E-state index is 0.0997. The van der Waals surface area contributed by atoms with Gasteiger partial charge in [-0.1, -0.05) is 30.3 Å². The highest BCUT2D eigenvalue weighted by Gasteiger charge is 2.20. The lowest BCUT2D eigenvalue weighted by molar-refractivity contribution is -0.127. The third-order valence-corrected chi connectivity index (χ3v) is 5.96. The van der Waals surface area contributed by atoms with Gasteiger partial charge in [0.15, 0.2) is 5.78 Å². The molecule has 1 heterocycles. The van der Waals surface area contributed by atoms with E-state index in [4.69, 9.17) is 0 Å². The average molecular weight is 405 g/mol. The zero-order chi connectivity index (χ0) is 20.9. The molecule has 0 spiro atoms. The van der Waals surface area contributed by atoms with Gasteiger partial charge in [-0.3, -0.25) is 14.4 Å². The predicted molar refractivity (Wildman–Crippen MR) is 104 cm³/mol. The van der Waals surface area contributed by atoms with E-state index in [1.165, 1.54) is 27.1 Å². The number of nitrogens with zero attached hydrogens (tertiary/aromatic N) is 2. The molecule has 1 amide bonds. The van der Waals surface area contributed by atoms with Crippen molar-refractivity contribution in [3.8, 4) is 0 Å². The summed E-state index contributed by atoms with van der Waals surface area (Å²) in [5.74, 6) is -0.772. The van der Waals surface area contributed by atoms with Gasteiger partial charge in [0.2, 0.25) is 15.9 Å². The van der Waals surface area contributed by atoms with Crippen LogP contribution in [-0.4, -0.2) is 49.1 Å². The number of ketones is 1. The van der Waals surface area contributed by atoms with Crippen molar-refractivity contribution in [1.29, 1.82) is 0 Å². The molecule has 1 aromatic heterocycles. The maximum atomic E-state index is 12.4. The molecule has 9 heteroatoms. The second-order valence-electron chi connectivity index (χ2n) is 6.54. The Morgan fingerprint density at radius 1 is 1.11 bits per heavy atom. The van der Waals surface area contributed by atoms with Gasteiger partial charge < -0.3 is 9.88 Å². The molecule has 0 saturated heterocycles. The zero-order valence-corrected chi connectivity index (χ0v) is 16.8. The smallest absolute Gasteiger partial charge is 0.251 e. The topological polar surface area (TPSA) is 106 Å². The number of rotatable bonds is 8. The van der Waals surface area contributed by atoms with E-state index in [-0.39, 0.29) is 10.7 Å². The molecular weight excluding hydrogens is 382 g/mol. The molecule has 0 aliphatic heterocycles. The fraction of sp³-hybridized carbons (Fsp3) is 0.316. The lowest BCUT2D eigenvalue weighted by atomic mass is 10.0. The van der Waals surface area contributed by atoms with Crippen LogP contribution < -0.4 is 10.9 Å². The summed E-state index contributed by atoms with van der Waals surface area (Å²) < 4.78 is 26.5. The van der Waals surface area contributed by atoms with Crippen LogP contribution in [0.3, 0.4) is 0 Å². The van der Waals surface area contributed by atoms with Crippen LogP contribution in [0.1, 0.15) is 12.5 Å². The van der Waals surface area contributed by atoms with E-state index in [0.29, 0.717) is 6.42 Å². The minimum Gasteiger partial charge on any atom is -0.344 e. The monoisotopic (exact) mass is 405 g/mol. The van der Waals surface area contributed by atoms with Crippen LogP contribution in [0, 0.1) is 0 Å². The first kappa shape index (κ1) is 21.5. The number of amides is 1. The molecule has 150 valence electrons. The maximum absolute atomic E-state index is 12.4. The van der Waals surface area contributed by atoms with Gasteiger partial charge in [0, 0.05) is 26.4 Å².